The molecule has 0 aromatic rings. The van der Waals surface area contributed by atoms with Crippen molar-refractivity contribution in [2.45, 2.75) is 163 Å². The summed E-state index contributed by atoms with van der Waals surface area (Å²) in [7, 11) is 0. The van der Waals surface area contributed by atoms with E-state index in [1.165, 1.54) is 19.3 Å². The van der Waals surface area contributed by atoms with Crippen molar-refractivity contribution < 1.29 is 33.9 Å². The summed E-state index contributed by atoms with van der Waals surface area (Å²) in [6.07, 6.45) is 8.12. The van der Waals surface area contributed by atoms with Gasteiger partial charge in [-0.1, -0.05) is 80.6 Å². The zero-order valence-corrected chi connectivity index (χ0v) is 32.0. The molecule has 5 amide bonds. The molecule has 1 rings (SSSR count). The van der Waals surface area contributed by atoms with Crippen LogP contribution in [0.3, 0.4) is 0 Å². The van der Waals surface area contributed by atoms with E-state index in [2.05, 4.69) is 31.9 Å². The molecule has 0 aromatic heterocycles. The van der Waals surface area contributed by atoms with Crippen molar-refractivity contribution in [1.82, 2.24) is 31.9 Å². The summed E-state index contributed by atoms with van der Waals surface area (Å²) in [5, 5.41) is 26.7. The number of hydrogen-bond donors (Lipinski definition) is 7. The molecule has 0 heterocycles. The fourth-order valence-corrected chi connectivity index (χ4v) is 6.20. The molecular formula is C37H68N6O7. The van der Waals surface area contributed by atoms with E-state index in [4.69, 9.17) is 5.11 Å². The Hall–Kier alpha value is -3.22. The Bertz CT molecular complexity index is 1080. The number of amides is 5. The van der Waals surface area contributed by atoms with Gasteiger partial charge in [0.15, 0.2) is 0 Å². The van der Waals surface area contributed by atoms with Crippen molar-refractivity contribution >= 4 is 35.5 Å². The minimum absolute atomic E-state index is 0.0164. The van der Waals surface area contributed by atoms with Crippen LogP contribution >= 0.6 is 0 Å². The van der Waals surface area contributed by atoms with E-state index >= 15 is 0 Å². The van der Waals surface area contributed by atoms with Gasteiger partial charge in [0.25, 0.3) is 0 Å². The first-order valence-corrected chi connectivity index (χ1v) is 19.0. The Kier molecular flexibility index (Phi) is 21.6. The predicted molar refractivity (Wildman–Crippen MR) is 195 cm³/mol. The first-order valence-electron chi connectivity index (χ1n) is 19.0. The van der Waals surface area contributed by atoms with Crippen molar-refractivity contribution in [3.63, 3.8) is 0 Å². The molecule has 50 heavy (non-hydrogen) atoms. The first kappa shape index (κ1) is 44.8. The summed E-state index contributed by atoms with van der Waals surface area (Å²) in [4.78, 5) is 76.6. The molecule has 0 aliphatic heterocycles. The van der Waals surface area contributed by atoms with Gasteiger partial charge >= 0.3 is 5.97 Å². The molecule has 1 fully saturated rings. The zero-order chi connectivity index (χ0) is 37.8. The topological polar surface area (TPSA) is 195 Å². The lowest BCUT2D eigenvalue weighted by atomic mass is 9.89. The number of aliphatic carboxylic acids is 1. The normalized spacial score (nSPS) is 17.2. The SMILES string of the molecule is CCC[C@H](NC(=O)[C@@H](NC(=O)CCCC(=O)O)[C@@H](C)CC)C(=O)N[C@H](CN[C@@H](C)C(=O)N[C@H](C(=O)NCC1CCCCC1)C(C)C)CC(C)C. The number of carboxylic acid groups (broad SMARTS) is 1. The lowest BCUT2D eigenvalue weighted by Crippen LogP contribution is -2.58. The Labute approximate surface area is 300 Å². The number of carboxylic acids is 1. The quantitative estimate of drug-likeness (QED) is 0.0793. The second-order valence-corrected chi connectivity index (χ2v) is 15.0. The monoisotopic (exact) mass is 709 g/mol. The molecule has 0 radical (unpaired) electrons. The summed E-state index contributed by atoms with van der Waals surface area (Å²) in [6, 6.07) is -3.34. The fraction of sp³-hybridized carbons (Fsp3) is 0.838. The van der Waals surface area contributed by atoms with E-state index in [-0.39, 0.29) is 60.8 Å². The van der Waals surface area contributed by atoms with Crippen LogP contribution in [-0.2, 0) is 28.8 Å². The third-order valence-electron chi connectivity index (χ3n) is 9.52. The number of carbonyl (C=O) groups is 6. The van der Waals surface area contributed by atoms with Crippen LogP contribution in [0.5, 0.6) is 0 Å². The maximum Gasteiger partial charge on any atom is 0.303 e. The van der Waals surface area contributed by atoms with Crippen LogP contribution < -0.4 is 31.9 Å². The Morgan fingerprint density at radius 1 is 0.740 bits per heavy atom. The second kappa shape index (κ2) is 24.1. The number of nitrogens with one attached hydrogen (secondary N) is 6. The molecule has 0 aromatic carbocycles. The van der Waals surface area contributed by atoms with Gasteiger partial charge in [-0.15, -0.1) is 0 Å². The van der Waals surface area contributed by atoms with Crippen LogP contribution in [0.25, 0.3) is 0 Å². The van der Waals surface area contributed by atoms with Gasteiger partial charge in [-0.2, -0.15) is 0 Å². The van der Waals surface area contributed by atoms with Gasteiger partial charge in [-0.05, 0) is 62.7 Å². The lowest BCUT2D eigenvalue weighted by Gasteiger charge is -2.29. The molecule has 1 aliphatic carbocycles. The fourth-order valence-electron chi connectivity index (χ4n) is 6.20. The highest BCUT2D eigenvalue weighted by Crippen LogP contribution is 2.23. The Morgan fingerprint density at radius 2 is 1.40 bits per heavy atom. The molecule has 288 valence electrons. The largest absolute Gasteiger partial charge is 0.481 e. The predicted octanol–water partition coefficient (Wildman–Crippen LogP) is 3.40. The maximum absolute atomic E-state index is 13.6. The zero-order valence-electron chi connectivity index (χ0n) is 32.0. The van der Waals surface area contributed by atoms with Gasteiger partial charge in [0.1, 0.15) is 18.1 Å². The highest BCUT2D eigenvalue weighted by molar-refractivity contribution is 5.92. The van der Waals surface area contributed by atoms with Gasteiger partial charge in [-0.3, -0.25) is 28.8 Å². The van der Waals surface area contributed by atoms with Crippen molar-refractivity contribution in [2.24, 2.45) is 23.7 Å². The highest BCUT2D eigenvalue weighted by Gasteiger charge is 2.31. The van der Waals surface area contributed by atoms with E-state index < -0.39 is 42.0 Å². The van der Waals surface area contributed by atoms with Crippen LogP contribution in [0.1, 0.15) is 132 Å². The van der Waals surface area contributed by atoms with Crippen LogP contribution in [0.4, 0.5) is 0 Å². The molecule has 13 heteroatoms. The molecule has 7 N–H and O–H groups in total. The highest BCUT2D eigenvalue weighted by atomic mass is 16.4. The summed E-state index contributed by atoms with van der Waals surface area (Å²) >= 11 is 0. The second-order valence-electron chi connectivity index (χ2n) is 15.0. The van der Waals surface area contributed by atoms with E-state index in [1.807, 2.05) is 48.5 Å². The molecule has 6 atom stereocenters. The smallest absolute Gasteiger partial charge is 0.303 e. The van der Waals surface area contributed by atoms with Crippen molar-refractivity contribution in [3.8, 4) is 0 Å². The summed E-state index contributed by atoms with van der Waals surface area (Å²) < 4.78 is 0. The van der Waals surface area contributed by atoms with Gasteiger partial charge < -0.3 is 37.0 Å². The number of rotatable bonds is 24. The van der Waals surface area contributed by atoms with Gasteiger partial charge in [0.05, 0.1) is 6.04 Å². The average Bonchev–Trinajstić information content (AvgIpc) is 3.06. The summed E-state index contributed by atoms with van der Waals surface area (Å²) in [5.74, 6) is -2.29. The van der Waals surface area contributed by atoms with Crippen LogP contribution in [0.15, 0.2) is 0 Å². The lowest BCUT2D eigenvalue weighted by molar-refractivity contribution is -0.137. The molecular weight excluding hydrogens is 640 g/mol. The molecule has 13 nitrogen and oxygen atoms in total. The first-order chi connectivity index (χ1) is 23.6. The standard InChI is InChI=1S/C37H68N6O7/c1-9-15-29(41-37(50)33(25(7)10-2)42-30(44)18-14-19-31(45)46)35(48)40-28(20-23(3)4)22-38-26(8)34(47)43-32(24(5)6)36(49)39-21-27-16-12-11-13-17-27/h23-29,32-33,38H,9-22H2,1-8H3,(H,39,49)(H,40,48)(H,41,50)(H,42,44)(H,43,47)(H,45,46)/t25-,26-,28-,29-,32-,33-/m0/s1. The molecule has 0 bridgehead atoms. The maximum atomic E-state index is 13.6. The van der Waals surface area contributed by atoms with Gasteiger partial charge in [-0.25, -0.2) is 0 Å². The molecule has 0 spiro atoms. The van der Waals surface area contributed by atoms with E-state index in [0.717, 1.165) is 12.8 Å². The third-order valence-corrected chi connectivity index (χ3v) is 9.52. The van der Waals surface area contributed by atoms with Crippen molar-refractivity contribution in [1.29, 1.82) is 0 Å². The van der Waals surface area contributed by atoms with E-state index in [0.29, 0.717) is 44.7 Å². The van der Waals surface area contributed by atoms with Gasteiger partial charge in [0.2, 0.25) is 29.5 Å². The van der Waals surface area contributed by atoms with Gasteiger partial charge in [0, 0.05) is 32.0 Å². The number of carbonyl (C=O) groups excluding carboxylic acids is 5. The minimum atomic E-state index is -0.991. The van der Waals surface area contributed by atoms with Crippen LogP contribution in [0.2, 0.25) is 0 Å². The van der Waals surface area contributed by atoms with Crippen molar-refractivity contribution in [3.05, 3.63) is 0 Å². The summed E-state index contributed by atoms with van der Waals surface area (Å²) in [5.41, 5.74) is 0. The van der Waals surface area contributed by atoms with Crippen LogP contribution in [0, 0.1) is 23.7 Å². The molecule has 0 saturated heterocycles. The van der Waals surface area contributed by atoms with Crippen LogP contribution in [-0.4, -0.2) is 83.9 Å². The Morgan fingerprint density at radius 3 is 1.96 bits per heavy atom. The average molecular weight is 709 g/mol. The molecule has 1 saturated carbocycles. The number of hydrogen-bond acceptors (Lipinski definition) is 7. The molecule has 1 aliphatic rings. The third kappa shape index (κ3) is 17.6. The van der Waals surface area contributed by atoms with E-state index in [1.54, 1.807) is 6.92 Å². The minimum Gasteiger partial charge on any atom is -0.481 e. The van der Waals surface area contributed by atoms with E-state index in [9.17, 15) is 28.8 Å². The Balaban J connectivity index is 2.86. The molecule has 0 unspecified atom stereocenters. The van der Waals surface area contributed by atoms with Crippen molar-refractivity contribution in [2.75, 3.05) is 13.1 Å². The summed E-state index contributed by atoms with van der Waals surface area (Å²) in [6.45, 7) is 16.2.